The fraction of sp³-hybridized carbons (Fsp3) is 1.00. The van der Waals surface area contributed by atoms with E-state index in [1.807, 2.05) is 0 Å². The molecule has 0 aromatic carbocycles. The van der Waals surface area contributed by atoms with Crippen LogP contribution in [0.4, 0.5) is 0 Å². The van der Waals surface area contributed by atoms with Crippen molar-refractivity contribution in [3.05, 3.63) is 0 Å². The second kappa shape index (κ2) is 6.49. The van der Waals surface area contributed by atoms with Crippen LogP contribution in [0.1, 0.15) is 47.0 Å². The number of rotatable bonds is 5. The van der Waals surface area contributed by atoms with Gasteiger partial charge in [0.05, 0.1) is 0 Å². The van der Waals surface area contributed by atoms with Crippen LogP contribution < -0.4 is 5.32 Å². The summed E-state index contributed by atoms with van der Waals surface area (Å²) >= 11 is 0. The molecule has 1 aliphatic heterocycles. The van der Waals surface area contributed by atoms with E-state index in [4.69, 9.17) is 0 Å². The number of likely N-dealkylation sites (tertiary alicyclic amines) is 1. The predicted molar refractivity (Wildman–Crippen MR) is 67.2 cm³/mol. The standard InChI is InChI=1S/C13H28N2/c1-5-11(3)10-15-8-7-13(14-6-2)9-12(15)4/h11-14H,5-10H2,1-4H3. The monoisotopic (exact) mass is 212 g/mol. The SMILES string of the molecule is CCNC1CCN(CC(C)CC)C(C)C1. The van der Waals surface area contributed by atoms with Crippen molar-refractivity contribution in [2.45, 2.75) is 59.0 Å². The Hall–Kier alpha value is -0.0800. The molecule has 2 nitrogen and oxygen atoms in total. The maximum absolute atomic E-state index is 3.58. The number of hydrogen-bond donors (Lipinski definition) is 1. The Morgan fingerprint density at radius 2 is 2.13 bits per heavy atom. The van der Waals surface area contributed by atoms with E-state index in [-0.39, 0.29) is 0 Å². The molecule has 90 valence electrons. The van der Waals surface area contributed by atoms with Crippen molar-refractivity contribution in [1.29, 1.82) is 0 Å². The average molecular weight is 212 g/mol. The summed E-state index contributed by atoms with van der Waals surface area (Å²) in [5, 5.41) is 3.58. The van der Waals surface area contributed by atoms with Gasteiger partial charge in [-0.2, -0.15) is 0 Å². The van der Waals surface area contributed by atoms with Crippen LogP contribution in [0.2, 0.25) is 0 Å². The van der Waals surface area contributed by atoms with Crippen LogP contribution in [-0.4, -0.2) is 36.6 Å². The molecule has 1 aliphatic rings. The molecule has 0 aliphatic carbocycles. The van der Waals surface area contributed by atoms with Gasteiger partial charge in [-0.3, -0.25) is 0 Å². The molecule has 1 heterocycles. The Kier molecular flexibility index (Phi) is 5.62. The third kappa shape index (κ3) is 4.12. The van der Waals surface area contributed by atoms with Crippen molar-refractivity contribution in [2.24, 2.45) is 5.92 Å². The minimum Gasteiger partial charge on any atom is -0.314 e. The molecule has 0 aromatic heterocycles. The zero-order chi connectivity index (χ0) is 11.3. The second-order valence-electron chi connectivity index (χ2n) is 5.14. The lowest BCUT2D eigenvalue weighted by molar-refractivity contribution is 0.118. The maximum Gasteiger partial charge on any atom is 0.00939 e. The van der Waals surface area contributed by atoms with Crippen LogP contribution >= 0.6 is 0 Å². The van der Waals surface area contributed by atoms with E-state index in [1.165, 1.54) is 32.4 Å². The van der Waals surface area contributed by atoms with Gasteiger partial charge in [0.2, 0.25) is 0 Å². The summed E-state index contributed by atoms with van der Waals surface area (Å²) < 4.78 is 0. The minimum atomic E-state index is 0.761. The summed E-state index contributed by atoms with van der Waals surface area (Å²) in [5.74, 6) is 0.850. The Morgan fingerprint density at radius 3 is 2.67 bits per heavy atom. The molecule has 0 spiro atoms. The normalized spacial score (nSPS) is 30.4. The Balaban J connectivity index is 2.32. The van der Waals surface area contributed by atoms with Crippen LogP contribution in [0.3, 0.4) is 0 Å². The highest BCUT2D eigenvalue weighted by atomic mass is 15.2. The number of nitrogens with one attached hydrogen (secondary N) is 1. The lowest BCUT2D eigenvalue weighted by Crippen LogP contribution is -2.48. The first-order valence-corrected chi connectivity index (χ1v) is 6.64. The van der Waals surface area contributed by atoms with Gasteiger partial charge >= 0.3 is 0 Å². The summed E-state index contributed by atoms with van der Waals surface area (Å²) in [7, 11) is 0. The zero-order valence-electron chi connectivity index (χ0n) is 10.9. The Labute approximate surface area is 95.4 Å². The highest BCUT2D eigenvalue weighted by Crippen LogP contribution is 2.19. The van der Waals surface area contributed by atoms with Gasteiger partial charge in [0.25, 0.3) is 0 Å². The molecular weight excluding hydrogens is 184 g/mol. The molecule has 0 bridgehead atoms. The molecule has 0 aromatic rings. The fourth-order valence-corrected chi connectivity index (χ4v) is 2.50. The van der Waals surface area contributed by atoms with Gasteiger partial charge in [-0.25, -0.2) is 0 Å². The quantitative estimate of drug-likeness (QED) is 0.753. The van der Waals surface area contributed by atoms with Crippen molar-refractivity contribution in [3.63, 3.8) is 0 Å². The molecule has 1 saturated heterocycles. The molecule has 0 amide bonds. The van der Waals surface area contributed by atoms with Crippen molar-refractivity contribution in [1.82, 2.24) is 10.2 Å². The second-order valence-corrected chi connectivity index (χ2v) is 5.14. The van der Waals surface area contributed by atoms with E-state index in [1.54, 1.807) is 0 Å². The smallest absolute Gasteiger partial charge is 0.00939 e. The van der Waals surface area contributed by atoms with Crippen molar-refractivity contribution in [3.8, 4) is 0 Å². The number of hydrogen-bond acceptors (Lipinski definition) is 2. The van der Waals surface area contributed by atoms with Gasteiger partial charge in [-0.1, -0.05) is 27.2 Å². The summed E-state index contributed by atoms with van der Waals surface area (Å²) in [5.41, 5.74) is 0. The number of nitrogens with zero attached hydrogens (tertiary/aromatic N) is 1. The van der Waals surface area contributed by atoms with Gasteiger partial charge < -0.3 is 10.2 Å². The Bertz CT molecular complexity index is 170. The summed E-state index contributed by atoms with van der Waals surface area (Å²) in [6.45, 7) is 12.9. The van der Waals surface area contributed by atoms with Crippen molar-refractivity contribution < 1.29 is 0 Å². The molecule has 1 fully saturated rings. The summed E-state index contributed by atoms with van der Waals surface area (Å²) in [6, 6.07) is 1.52. The predicted octanol–water partition coefficient (Wildman–Crippen LogP) is 2.49. The van der Waals surface area contributed by atoms with E-state index in [0.29, 0.717) is 0 Å². The van der Waals surface area contributed by atoms with Gasteiger partial charge in [-0.15, -0.1) is 0 Å². The minimum absolute atomic E-state index is 0.761. The van der Waals surface area contributed by atoms with Gasteiger partial charge in [0.15, 0.2) is 0 Å². The maximum atomic E-state index is 3.58. The van der Waals surface area contributed by atoms with Crippen LogP contribution in [0.15, 0.2) is 0 Å². The average Bonchev–Trinajstić information content (AvgIpc) is 2.22. The van der Waals surface area contributed by atoms with Crippen LogP contribution in [-0.2, 0) is 0 Å². The molecule has 0 saturated carbocycles. The Morgan fingerprint density at radius 1 is 1.40 bits per heavy atom. The first kappa shape index (κ1) is 13.0. The van der Waals surface area contributed by atoms with E-state index >= 15 is 0 Å². The van der Waals surface area contributed by atoms with Gasteiger partial charge in [0, 0.05) is 18.6 Å². The molecular formula is C13H28N2. The number of piperidine rings is 1. The molecule has 3 atom stereocenters. The highest BCUT2D eigenvalue weighted by Gasteiger charge is 2.25. The molecule has 2 heteroatoms. The van der Waals surface area contributed by atoms with E-state index in [9.17, 15) is 0 Å². The summed E-state index contributed by atoms with van der Waals surface area (Å²) in [4.78, 5) is 2.67. The van der Waals surface area contributed by atoms with E-state index in [2.05, 4.69) is 37.9 Å². The molecule has 3 unspecified atom stereocenters. The first-order chi connectivity index (χ1) is 7.17. The summed E-state index contributed by atoms with van der Waals surface area (Å²) in [6.07, 6.45) is 3.96. The van der Waals surface area contributed by atoms with Crippen molar-refractivity contribution >= 4 is 0 Å². The topological polar surface area (TPSA) is 15.3 Å². The molecule has 0 radical (unpaired) electrons. The fourth-order valence-electron chi connectivity index (χ4n) is 2.50. The largest absolute Gasteiger partial charge is 0.314 e. The third-order valence-electron chi connectivity index (χ3n) is 3.75. The lowest BCUT2D eigenvalue weighted by atomic mass is 9.96. The molecule has 1 rings (SSSR count). The van der Waals surface area contributed by atoms with Crippen LogP contribution in [0, 0.1) is 5.92 Å². The lowest BCUT2D eigenvalue weighted by Gasteiger charge is -2.39. The first-order valence-electron chi connectivity index (χ1n) is 6.64. The molecule has 15 heavy (non-hydrogen) atoms. The third-order valence-corrected chi connectivity index (χ3v) is 3.75. The zero-order valence-corrected chi connectivity index (χ0v) is 10.9. The van der Waals surface area contributed by atoms with Crippen LogP contribution in [0.25, 0.3) is 0 Å². The molecule has 1 N–H and O–H groups in total. The highest BCUT2D eigenvalue weighted by molar-refractivity contribution is 4.83. The van der Waals surface area contributed by atoms with Crippen molar-refractivity contribution in [2.75, 3.05) is 19.6 Å². The van der Waals surface area contributed by atoms with Gasteiger partial charge in [0.1, 0.15) is 0 Å². The van der Waals surface area contributed by atoms with Gasteiger partial charge in [-0.05, 0) is 38.8 Å². The van der Waals surface area contributed by atoms with E-state index < -0.39 is 0 Å². The van der Waals surface area contributed by atoms with E-state index in [0.717, 1.165) is 24.5 Å². The van der Waals surface area contributed by atoms with Crippen LogP contribution in [0.5, 0.6) is 0 Å².